The maximum atomic E-state index is 13.3. The molecule has 0 saturated heterocycles. The number of carbonyl (C=O) groups is 2. The minimum absolute atomic E-state index is 0.124. The summed E-state index contributed by atoms with van der Waals surface area (Å²) in [5.41, 5.74) is -0.295. The molecule has 2 aromatic carbocycles. The van der Waals surface area contributed by atoms with Crippen molar-refractivity contribution in [3.8, 4) is 22.9 Å². The number of nitrogens with zero attached hydrogens (tertiary/aromatic N) is 2. The third-order valence-electron chi connectivity index (χ3n) is 4.36. The number of carboxylic acids is 1. The molecule has 0 fully saturated rings. The van der Waals surface area contributed by atoms with Gasteiger partial charge in [-0.25, -0.2) is 4.79 Å². The van der Waals surface area contributed by atoms with E-state index in [2.05, 4.69) is 0 Å². The quantitative estimate of drug-likeness (QED) is 0.519. The van der Waals surface area contributed by atoms with E-state index in [1.807, 2.05) is 6.07 Å². The van der Waals surface area contributed by atoms with Gasteiger partial charge in [0, 0.05) is 19.4 Å². The summed E-state index contributed by atoms with van der Waals surface area (Å²) in [5.74, 6) is -2.33. The Bertz CT molecular complexity index is 1200. The molecular weight excluding hydrogens is 389 g/mol. The highest BCUT2D eigenvalue weighted by Crippen LogP contribution is 2.39. The van der Waals surface area contributed by atoms with Gasteiger partial charge in [-0.05, 0) is 41.5 Å². The summed E-state index contributed by atoms with van der Waals surface area (Å²) in [5, 5.41) is 18.8. The van der Waals surface area contributed by atoms with Crippen LogP contribution in [0.5, 0.6) is 5.75 Å². The summed E-state index contributed by atoms with van der Waals surface area (Å²) in [6, 6.07) is 9.43. The second-order valence-corrected chi connectivity index (χ2v) is 6.26. The van der Waals surface area contributed by atoms with Gasteiger partial charge in [0.1, 0.15) is 17.0 Å². The second-order valence-electron chi connectivity index (χ2n) is 6.26. The molecule has 0 amide bonds. The lowest BCUT2D eigenvalue weighted by molar-refractivity contribution is -0.142. The van der Waals surface area contributed by atoms with E-state index in [1.165, 1.54) is 37.4 Å². The van der Waals surface area contributed by atoms with E-state index < -0.39 is 23.8 Å². The van der Waals surface area contributed by atoms with Gasteiger partial charge in [-0.1, -0.05) is 6.07 Å². The standard InChI is InChI=1S/C20H13F3N2O4/c1-10(26)29-17-7-12(3-4-13(17)19(27)28)14-5-11(9-24)6-16-15(14)8-18(25(16)2)20(21,22)23/h3-8H,1-2H3,(H,27,28). The van der Waals surface area contributed by atoms with Gasteiger partial charge in [0.2, 0.25) is 0 Å². The summed E-state index contributed by atoms with van der Waals surface area (Å²) in [6.07, 6.45) is -4.60. The first-order valence-electron chi connectivity index (χ1n) is 8.20. The van der Waals surface area contributed by atoms with Crippen molar-refractivity contribution in [1.29, 1.82) is 5.26 Å². The van der Waals surface area contributed by atoms with Crippen molar-refractivity contribution in [2.75, 3.05) is 0 Å². The van der Waals surface area contributed by atoms with Crippen LogP contribution in [0.2, 0.25) is 0 Å². The third-order valence-corrected chi connectivity index (χ3v) is 4.36. The van der Waals surface area contributed by atoms with E-state index in [0.717, 1.165) is 17.6 Å². The molecule has 29 heavy (non-hydrogen) atoms. The number of carboxylic acid groups (broad SMARTS) is 1. The first-order valence-corrected chi connectivity index (χ1v) is 8.20. The zero-order chi connectivity index (χ0) is 21.5. The van der Waals surface area contributed by atoms with Crippen LogP contribution in [0.1, 0.15) is 28.5 Å². The Morgan fingerprint density at radius 2 is 1.86 bits per heavy atom. The highest BCUT2D eigenvalue weighted by atomic mass is 19.4. The number of aromatic nitrogens is 1. The van der Waals surface area contributed by atoms with Crippen LogP contribution in [0, 0.1) is 11.3 Å². The smallest absolute Gasteiger partial charge is 0.431 e. The van der Waals surface area contributed by atoms with E-state index in [1.54, 1.807) is 0 Å². The van der Waals surface area contributed by atoms with Crippen LogP contribution in [0.4, 0.5) is 13.2 Å². The molecule has 1 heterocycles. The Hall–Kier alpha value is -3.80. The zero-order valence-corrected chi connectivity index (χ0v) is 15.2. The largest absolute Gasteiger partial charge is 0.478 e. The Balaban J connectivity index is 2.33. The van der Waals surface area contributed by atoms with Crippen molar-refractivity contribution < 1.29 is 32.6 Å². The lowest BCUT2D eigenvalue weighted by Gasteiger charge is -2.11. The number of ether oxygens (including phenoxy) is 1. The number of aromatic carboxylic acids is 1. The summed E-state index contributed by atoms with van der Waals surface area (Å²) in [4.78, 5) is 22.7. The number of esters is 1. The van der Waals surface area contributed by atoms with E-state index in [9.17, 15) is 33.1 Å². The number of hydrogen-bond acceptors (Lipinski definition) is 4. The molecule has 3 aromatic rings. The Morgan fingerprint density at radius 3 is 2.41 bits per heavy atom. The van der Waals surface area contributed by atoms with Crippen LogP contribution in [-0.2, 0) is 18.0 Å². The Morgan fingerprint density at radius 1 is 1.17 bits per heavy atom. The van der Waals surface area contributed by atoms with Crippen LogP contribution >= 0.6 is 0 Å². The van der Waals surface area contributed by atoms with Gasteiger partial charge in [0.25, 0.3) is 0 Å². The molecule has 1 aromatic heterocycles. The van der Waals surface area contributed by atoms with Crippen molar-refractivity contribution in [1.82, 2.24) is 4.57 Å². The average molecular weight is 402 g/mol. The molecule has 0 aliphatic carbocycles. The summed E-state index contributed by atoms with van der Waals surface area (Å²) in [7, 11) is 1.24. The molecule has 9 heteroatoms. The average Bonchev–Trinajstić information content (AvgIpc) is 2.97. The maximum absolute atomic E-state index is 13.3. The molecule has 1 N–H and O–H groups in total. The summed E-state index contributed by atoms with van der Waals surface area (Å²) < 4.78 is 45.9. The molecule has 6 nitrogen and oxygen atoms in total. The molecule has 0 spiro atoms. The SMILES string of the molecule is CC(=O)Oc1cc(-c2cc(C#N)cc3c2cc(C(F)(F)F)n3C)ccc1C(=O)O. The molecule has 0 unspecified atom stereocenters. The second kappa shape index (κ2) is 6.98. The molecule has 0 aliphatic rings. The fourth-order valence-electron chi connectivity index (χ4n) is 3.11. The molecular formula is C20H13F3N2O4. The molecule has 3 rings (SSSR count). The number of alkyl halides is 3. The molecule has 0 radical (unpaired) electrons. The lowest BCUT2D eigenvalue weighted by Crippen LogP contribution is -2.10. The van der Waals surface area contributed by atoms with Gasteiger partial charge in [0.05, 0.1) is 17.1 Å². The predicted molar refractivity (Wildman–Crippen MR) is 96.3 cm³/mol. The van der Waals surface area contributed by atoms with Gasteiger partial charge in [-0.3, -0.25) is 4.79 Å². The van der Waals surface area contributed by atoms with Crippen molar-refractivity contribution in [3.05, 3.63) is 53.2 Å². The van der Waals surface area contributed by atoms with E-state index >= 15 is 0 Å². The van der Waals surface area contributed by atoms with Gasteiger partial charge >= 0.3 is 18.1 Å². The van der Waals surface area contributed by atoms with Gasteiger partial charge in [0.15, 0.2) is 0 Å². The molecule has 0 aliphatic heterocycles. The minimum atomic E-state index is -4.60. The van der Waals surface area contributed by atoms with Crippen molar-refractivity contribution in [2.45, 2.75) is 13.1 Å². The molecule has 0 bridgehead atoms. The number of benzene rings is 2. The monoisotopic (exact) mass is 402 g/mol. The highest BCUT2D eigenvalue weighted by molar-refractivity contribution is 5.99. The number of hydrogen-bond donors (Lipinski definition) is 1. The van der Waals surface area contributed by atoms with Crippen LogP contribution in [-0.4, -0.2) is 21.6 Å². The van der Waals surface area contributed by atoms with E-state index in [4.69, 9.17) is 4.74 Å². The summed E-state index contributed by atoms with van der Waals surface area (Å²) >= 11 is 0. The number of fused-ring (bicyclic) bond motifs is 1. The lowest BCUT2D eigenvalue weighted by atomic mass is 9.97. The first kappa shape index (κ1) is 19.9. The number of nitriles is 1. The van der Waals surface area contributed by atoms with Crippen molar-refractivity contribution in [2.24, 2.45) is 7.05 Å². The molecule has 148 valence electrons. The van der Waals surface area contributed by atoms with Gasteiger partial charge in [-0.15, -0.1) is 0 Å². The maximum Gasteiger partial charge on any atom is 0.431 e. The number of halogens is 3. The predicted octanol–water partition coefficient (Wildman–Crippen LogP) is 4.36. The van der Waals surface area contributed by atoms with Crippen LogP contribution in [0.3, 0.4) is 0 Å². The number of carbonyl (C=O) groups excluding carboxylic acids is 1. The zero-order valence-electron chi connectivity index (χ0n) is 15.2. The normalized spacial score (nSPS) is 11.3. The Kier molecular flexibility index (Phi) is 4.80. The van der Waals surface area contributed by atoms with Crippen molar-refractivity contribution >= 4 is 22.8 Å². The van der Waals surface area contributed by atoms with Crippen LogP contribution in [0.25, 0.3) is 22.0 Å². The number of aryl methyl sites for hydroxylation is 1. The first-order chi connectivity index (χ1) is 13.5. The van der Waals surface area contributed by atoms with Gasteiger partial charge in [-0.2, -0.15) is 18.4 Å². The fourth-order valence-corrected chi connectivity index (χ4v) is 3.11. The highest BCUT2D eigenvalue weighted by Gasteiger charge is 2.35. The molecule has 0 saturated carbocycles. The van der Waals surface area contributed by atoms with Crippen molar-refractivity contribution in [3.63, 3.8) is 0 Å². The number of rotatable bonds is 3. The van der Waals surface area contributed by atoms with Crippen LogP contribution < -0.4 is 4.74 Å². The Labute approximate surface area is 162 Å². The third kappa shape index (κ3) is 3.65. The van der Waals surface area contributed by atoms with Gasteiger partial charge < -0.3 is 14.4 Å². The topological polar surface area (TPSA) is 92.3 Å². The fraction of sp³-hybridized carbons (Fsp3) is 0.150. The molecule has 0 atom stereocenters. The summed E-state index contributed by atoms with van der Waals surface area (Å²) in [6.45, 7) is 1.10. The van der Waals surface area contributed by atoms with E-state index in [0.29, 0.717) is 5.56 Å². The van der Waals surface area contributed by atoms with E-state index in [-0.39, 0.29) is 33.3 Å². The van der Waals surface area contributed by atoms with Crippen LogP contribution in [0.15, 0.2) is 36.4 Å². The minimum Gasteiger partial charge on any atom is -0.478 e.